The van der Waals surface area contributed by atoms with Gasteiger partial charge in [-0.1, -0.05) is 0 Å². The number of rotatable bonds is 3. The number of nitrogens with one attached hydrogen (secondary N) is 5. The Balaban J connectivity index is 2.06. The number of aldehydes is 1. The molecule has 0 bridgehead atoms. The van der Waals surface area contributed by atoms with Crippen LogP contribution in [0.4, 0.5) is 0 Å². The molecule has 12 nitrogen and oxygen atoms in total. The van der Waals surface area contributed by atoms with E-state index >= 15 is 0 Å². The van der Waals surface area contributed by atoms with Crippen LogP contribution in [0.25, 0.3) is 0 Å². The molecule has 1 aromatic rings. The first-order valence-electron chi connectivity index (χ1n) is 9.75. The van der Waals surface area contributed by atoms with Crippen molar-refractivity contribution in [2.45, 2.75) is 37.8 Å². The molecule has 31 heavy (non-hydrogen) atoms. The van der Waals surface area contributed by atoms with E-state index in [2.05, 4.69) is 26.6 Å². The van der Waals surface area contributed by atoms with Gasteiger partial charge in [0.15, 0.2) is 0 Å². The van der Waals surface area contributed by atoms with Gasteiger partial charge < -0.3 is 35.8 Å². The molecule has 5 amide bonds. The highest BCUT2D eigenvalue weighted by molar-refractivity contribution is 5.92. The van der Waals surface area contributed by atoms with Crippen LogP contribution in [0.5, 0.6) is 0 Å². The lowest BCUT2D eigenvalue weighted by Gasteiger charge is -2.18. The van der Waals surface area contributed by atoms with Crippen LogP contribution in [-0.2, 0) is 35.2 Å². The minimum atomic E-state index is -1.04. The van der Waals surface area contributed by atoms with Gasteiger partial charge in [0.05, 0.1) is 19.4 Å². The first-order chi connectivity index (χ1) is 14.9. The van der Waals surface area contributed by atoms with E-state index in [1.807, 2.05) is 0 Å². The monoisotopic (exact) mass is 435 g/mol. The summed E-state index contributed by atoms with van der Waals surface area (Å²) in [4.78, 5) is 71.5. The SMILES string of the molecule is O=C[C@@H]1CNC(=O)CNC(=O)[C@H](Cc2ccco2)NC(=O)CNC(=O)CCCC(=O)N1. The van der Waals surface area contributed by atoms with E-state index in [-0.39, 0.29) is 38.8 Å². The molecule has 0 saturated carbocycles. The summed E-state index contributed by atoms with van der Waals surface area (Å²) >= 11 is 0. The van der Waals surface area contributed by atoms with Gasteiger partial charge in [-0.2, -0.15) is 0 Å². The number of amides is 5. The van der Waals surface area contributed by atoms with Gasteiger partial charge in [-0.15, -0.1) is 0 Å². The van der Waals surface area contributed by atoms with Crippen molar-refractivity contribution in [1.82, 2.24) is 26.6 Å². The molecule has 2 atom stereocenters. The maximum absolute atomic E-state index is 12.5. The molecular formula is C19H25N5O7. The zero-order chi connectivity index (χ0) is 22.6. The highest BCUT2D eigenvalue weighted by Gasteiger charge is 2.23. The maximum Gasteiger partial charge on any atom is 0.243 e. The minimum absolute atomic E-state index is 0.000494. The molecule has 0 aliphatic carbocycles. The fourth-order valence-electron chi connectivity index (χ4n) is 2.75. The Hall–Kier alpha value is -3.70. The van der Waals surface area contributed by atoms with Crippen molar-refractivity contribution < 1.29 is 33.2 Å². The van der Waals surface area contributed by atoms with Crippen molar-refractivity contribution in [2.75, 3.05) is 19.6 Å². The molecule has 5 N–H and O–H groups in total. The zero-order valence-electron chi connectivity index (χ0n) is 16.8. The summed E-state index contributed by atoms with van der Waals surface area (Å²) in [7, 11) is 0. The Kier molecular flexibility index (Phi) is 9.20. The summed E-state index contributed by atoms with van der Waals surface area (Å²) in [6, 6.07) is 1.29. The first-order valence-corrected chi connectivity index (χ1v) is 9.75. The average molecular weight is 435 g/mol. The Morgan fingerprint density at radius 3 is 2.35 bits per heavy atom. The van der Waals surface area contributed by atoms with Crippen LogP contribution < -0.4 is 26.6 Å². The molecule has 0 aromatic carbocycles. The van der Waals surface area contributed by atoms with Crippen LogP contribution in [0.2, 0.25) is 0 Å². The molecule has 1 aromatic heterocycles. The summed E-state index contributed by atoms with van der Waals surface area (Å²) in [5, 5.41) is 12.2. The molecular weight excluding hydrogens is 410 g/mol. The highest BCUT2D eigenvalue weighted by Crippen LogP contribution is 2.05. The second kappa shape index (κ2) is 12.1. The highest BCUT2D eigenvalue weighted by atomic mass is 16.3. The van der Waals surface area contributed by atoms with Crippen molar-refractivity contribution in [2.24, 2.45) is 0 Å². The average Bonchev–Trinajstić information content (AvgIpc) is 3.25. The molecule has 0 radical (unpaired) electrons. The molecule has 0 unspecified atom stereocenters. The van der Waals surface area contributed by atoms with Crippen molar-refractivity contribution >= 4 is 35.8 Å². The van der Waals surface area contributed by atoms with Gasteiger partial charge in [0, 0.05) is 25.8 Å². The fourth-order valence-corrected chi connectivity index (χ4v) is 2.75. The van der Waals surface area contributed by atoms with Crippen LogP contribution >= 0.6 is 0 Å². The molecule has 2 heterocycles. The normalized spacial score (nSPS) is 22.6. The fraction of sp³-hybridized carbons (Fsp3) is 0.474. The van der Waals surface area contributed by atoms with Gasteiger partial charge in [-0.25, -0.2) is 0 Å². The zero-order valence-corrected chi connectivity index (χ0v) is 16.8. The standard InChI is InChI=1S/C19H25N5O7/c25-11-12-8-20-17(28)9-22-19(30)14(7-13-3-2-6-31-13)24-18(29)10-21-15(26)4-1-5-16(27)23-12/h2-3,6,11-12,14H,1,4-5,7-10H2,(H,20,28)(H,21,26)(H,22,30)(H,23,27)(H,24,29)/t12-,14-/m0/s1. The van der Waals surface area contributed by atoms with Gasteiger partial charge in [0.2, 0.25) is 29.5 Å². The van der Waals surface area contributed by atoms with Crippen LogP contribution in [0, 0.1) is 0 Å². The van der Waals surface area contributed by atoms with E-state index in [0.29, 0.717) is 12.0 Å². The molecule has 1 aliphatic rings. The topological polar surface area (TPSA) is 176 Å². The molecule has 1 aliphatic heterocycles. The smallest absolute Gasteiger partial charge is 0.243 e. The summed E-state index contributed by atoms with van der Waals surface area (Å²) in [5.41, 5.74) is 0. The van der Waals surface area contributed by atoms with E-state index in [1.165, 1.54) is 6.26 Å². The minimum Gasteiger partial charge on any atom is -0.469 e. The maximum atomic E-state index is 12.5. The Bertz CT molecular complexity index is 809. The molecule has 168 valence electrons. The van der Waals surface area contributed by atoms with Crippen molar-refractivity contribution in [3.63, 3.8) is 0 Å². The quantitative estimate of drug-likeness (QED) is 0.327. The molecule has 1 fully saturated rings. The Morgan fingerprint density at radius 2 is 1.65 bits per heavy atom. The number of carbonyl (C=O) groups excluding carboxylic acids is 6. The largest absolute Gasteiger partial charge is 0.469 e. The summed E-state index contributed by atoms with van der Waals surface area (Å²) < 4.78 is 5.21. The van der Waals surface area contributed by atoms with E-state index in [1.54, 1.807) is 12.1 Å². The third-order valence-corrected chi connectivity index (χ3v) is 4.34. The Labute approximate surface area is 177 Å². The third-order valence-electron chi connectivity index (χ3n) is 4.34. The van der Waals surface area contributed by atoms with Gasteiger partial charge in [0.1, 0.15) is 24.1 Å². The molecule has 12 heteroatoms. The van der Waals surface area contributed by atoms with Crippen molar-refractivity contribution in [3.8, 4) is 0 Å². The van der Waals surface area contributed by atoms with Gasteiger partial charge >= 0.3 is 0 Å². The second-order valence-electron chi connectivity index (χ2n) is 6.87. The van der Waals surface area contributed by atoms with Crippen molar-refractivity contribution in [1.29, 1.82) is 0 Å². The predicted octanol–water partition coefficient (Wildman–Crippen LogP) is -2.48. The lowest BCUT2D eigenvalue weighted by atomic mass is 10.1. The van der Waals surface area contributed by atoms with Crippen LogP contribution in [0.3, 0.4) is 0 Å². The lowest BCUT2D eigenvalue weighted by Crippen LogP contribution is -2.52. The van der Waals surface area contributed by atoms with E-state index < -0.39 is 48.2 Å². The molecule has 2 rings (SSSR count). The van der Waals surface area contributed by atoms with Gasteiger partial charge in [0.25, 0.3) is 0 Å². The van der Waals surface area contributed by atoms with E-state index in [0.717, 1.165) is 0 Å². The second-order valence-corrected chi connectivity index (χ2v) is 6.87. The van der Waals surface area contributed by atoms with Gasteiger partial charge in [-0.3, -0.25) is 24.0 Å². The Morgan fingerprint density at radius 1 is 0.903 bits per heavy atom. The van der Waals surface area contributed by atoms with Crippen LogP contribution in [0.1, 0.15) is 25.0 Å². The third kappa shape index (κ3) is 8.68. The van der Waals surface area contributed by atoms with Crippen LogP contribution in [-0.4, -0.2) is 67.5 Å². The molecule has 1 saturated heterocycles. The first kappa shape index (κ1) is 23.6. The number of furan rings is 1. The summed E-state index contributed by atoms with van der Waals surface area (Å²) in [6.45, 7) is -0.919. The number of hydrogen-bond acceptors (Lipinski definition) is 7. The molecule has 0 spiro atoms. The number of carbonyl (C=O) groups is 6. The summed E-state index contributed by atoms with van der Waals surface area (Å²) in [6.07, 6.45) is 2.15. The van der Waals surface area contributed by atoms with Crippen LogP contribution in [0.15, 0.2) is 22.8 Å². The van der Waals surface area contributed by atoms with Crippen molar-refractivity contribution in [3.05, 3.63) is 24.2 Å². The van der Waals surface area contributed by atoms with E-state index in [4.69, 9.17) is 4.42 Å². The predicted molar refractivity (Wildman–Crippen MR) is 105 cm³/mol. The summed E-state index contributed by atoms with van der Waals surface area (Å²) in [5.74, 6) is -2.25. The van der Waals surface area contributed by atoms with E-state index in [9.17, 15) is 28.8 Å². The number of hydrogen-bond donors (Lipinski definition) is 5. The lowest BCUT2D eigenvalue weighted by molar-refractivity contribution is -0.131. The van der Waals surface area contributed by atoms with Gasteiger partial charge in [-0.05, 0) is 18.6 Å².